The number of aliphatic hydroxyl groups is 1. The van der Waals surface area contributed by atoms with Crippen LogP contribution in [0.15, 0.2) is 115 Å². The van der Waals surface area contributed by atoms with Crippen LogP contribution in [-0.4, -0.2) is 125 Å². The average molecular weight is 1230 g/mol. The summed E-state index contributed by atoms with van der Waals surface area (Å²) in [5, 5.41) is 22.3. The Balaban J connectivity index is 0.000000234. The molecule has 0 bridgehead atoms. The van der Waals surface area contributed by atoms with E-state index in [1.54, 1.807) is 36.9 Å². The van der Waals surface area contributed by atoms with Crippen LogP contribution in [0.1, 0.15) is 103 Å². The van der Waals surface area contributed by atoms with Gasteiger partial charge < -0.3 is 29.9 Å². The average Bonchev–Trinajstić information content (AvgIpc) is 3.77. The standard InChI is InChI=1S/C37H41F4N5O3.C28H33F4N5O2/c1-23(2)35(47)45(20-26-19-44(21-31(26)41)36(48)49-22-24-10-7-6-8-11-24)32(37(3,4)5)34-42-33(29-17-28(39)14-15-30(29)40)43-46(34)18-25-12-9-13-27(38)16-25;1-16(38)27(39)36(15-18-12-33-13-23(18)32)24(28(2,3)4)26-34-25(21-11-20(30)8-9-22(21)31)35-37(26)14-17-6-5-7-19(29)10-17/h6-17,23,26,31-32H,18-22H2,1-5H3;5-11,16,18,23-24,33,38H,12-15H2,1-4H3/t26-,31-,32-;16-,18-,23-,24-/m00/s1. The second-order valence-corrected chi connectivity index (χ2v) is 24.9. The molecule has 0 spiro atoms. The Bertz CT molecular complexity index is 3550. The van der Waals surface area contributed by atoms with Gasteiger partial charge in [0.1, 0.15) is 60.0 Å². The van der Waals surface area contributed by atoms with E-state index in [4.69, 9.17) is 9.72 Å². The van der Waals surface area contributed by atoms with Crippen molar-refractivity contribution in [2.45, 2.75) is 113 Å². The first-order valence-electron chi connectivity index (χ1n) is 29.1. The van der Waals surface area contributed by atoms with Crippen molar-refractivity contribution >= 4 is 17.9 Å². The van der Waals surface area contributed by atoms with E-state index in [-0.39, 0.29) is 92.8 Å². The van der Waals surface area contributed by atoms with E-state index in [0.29, 0.717) is 17.7 Å². The Morgan fingerprint density at radius 3 is 1.50 bits per heavy atom. The van der Waals surface area contributed by atoms with Gasteiger partial charge in [0.15, 0.2) is 23.3 Å². The second kappa shape index (κ2) is 28.0. The molecule has 0 aliphatic carbocycles. The highest BCUT2D eigenvalue weighted by Gasteiger charge is 2.46. The van der Waals surface area contributed by atoms with E-state index in [1.807, 2.05) is 71.9 Å². The molecule has 7 aromatic rings. The number of ether oxygens (including phenoxy) is 1. The van der Waals surface area contributed by atoms with Crippen LogP contribution in [0.3, 0.4) is 0 Å². The molecular weight excluding hydrogens is 1150 g/mol. The Kier molecular flexibility index (Phi) is 21.0. The van der Waals surface area contributed by atoms with Crippen LogP contribution in [-0.2, 0) is 34.0 Å². The van der Waals surface area contributed by atoms with Gasteiger partial charge in [-0.15, -0.1) is 0 Å². The van der Waals surface area contributed by atoms with Crippen molar-refractivity contribution in [3.63, 3.8) is 0 Å². The zero-order chi connectivity index (χ0) is 63.9. The minimum absolute atomic E-state index is 0.00349. The molecule has 7 atom stereocenters. The fraction of sp³-hybridized carbons (Fsp3) is 0.431. The van der Waals surface area contributed by atoms with Crippen LogP contribution in [0.5, 0.6) is 0 Å². The zero-order valence-corrected chi connectivity index (χ0v) is 50.6. The lowest BCUT2D eigenvalue weighted by Gasteiger charge is -2.41. The number of hydrogen-bond donors (Lipinski definition) is 2. The van der Waals surface area contributed by atoms with Gasteiger partial charge in [0.25, 0.3) is 5.91 Å². The Labute approximate surface area is 506 Å². The molecule has 88 heavy (non-hydrogen) atoms. The quantitative estimate of drug-likeness (QED) is 0.0791. The van der Waals surface area contributed by atoms with Crippen molar-refractivity contribution in [2.75, 3.05) is 39.3 Å². The van der Waals surface area contributed by atoms with Gasteiger partial charge in [-0.05, 0) is 95.1 Å². The summed E-state index contributed by atoms with van der Waals surface area (Å²) in [7, 11) is 0. The van der Waals surface area contributed by atoms with Gasteiger partial charge >= 0.3 is 6.09 Å². The smallest absolute Gasteiger partial charge is 0.410 e. The summed E-state index contributed by atoms with van der Waals surface area (Å²) in [6.07, 6.45) is -4.69. The number of likely N-dealkylation sites (tertiary alicyclic amines) is 1. The fourth-order valence-corrected chi connectivity index (χ4v) is 11.1. The van der Waals surface area contributed by atoms with Crippen LogP contribution in [0, 0.1) is 63.5 Å². The Morgan fingerprint density at radius 1 is 0.591 bits per heavy atom. The van der Waals surface area contributed by atoms with Gasteiger partial charge in [-0.25, -0.2) is 59.2 Å². The number of carbonyl (C=O) groups is 3. The SMILES string of the molecule is CC(C)C(=O)N(C[C@@H]1CN(C(=O)OCc2ccccc2)C[C@@H]1F)[C@@H](c1nc(-c2cc(F)ccc2F)nn1Cc1cccc(F)c1)C(C)(C)C.C[C@H](O)C(=O)N(C[C@@H]1CNC[C@@H]1F)[C@@H](c1nc(-c2cc(F)ccc2F)nn1Cc1cccc(F)c1)C(C)(C)C. The van der Waals surface area contributed by atoms with Crippen molar-refractivity contribution in [1.29, 1.82) is 0 Å². The first-order chi connectivity index (χ1) is 41.6. The number of aromatic nitrogens is 6. The molecule has 9 rings (SSSR count). The van der Waals surface area contributed by atoms with Gasteiger partial charge in [0, 0.05) is 50.5 Å². The number of nitrogens with one attached hydrogen (secondary N) is 1. The predicted octanol–water partition coefficient (Wildman–Crippen LogP) is 11.9. The molecule has 23 heteroatoms. The molecule has 2 aliphatic rings. The van der Waals surface area contributed by atoms with Gasteiger partial charge in [-0.1, -0.05) is 110 Å². The van der Waals surface area contributed by atoms with E-state index in [2.05, 4.69) is 20.5 Å². The van der Waals surface area contributed by atoms with Crippen LogP contribution in [0.25, 0.3) is 22.8 Å². The largest absolute Gasteiger partial charge is 0.445 e. The number of nitrogens with zero attached hydrogens (tertiary/aromatic N) is 9. The number of benzene rings is 5. The van der Waals surface area contributed by atoms with Crippen molar-refractivity contribution in [3.05, 3.63) is 179 Å². The molecule has 0 unspecified atom stereocenters. The summed E-state index contributed by atoms with van der Waals surface area (Å²) < 4.78 is 125. The summed E-state index contributed by atoms with van der Waals surface area (Å²) in [5.41, 5.74) is 0.0102. The molecule has 4 heterocycles. The summed E-state index contributed by atoms with van der Waals surface area (Å²) in [5.74, 6) is -6.31. The third kappa shape index (κ3) is 16.2. The van der Waals surface area contributed by atoms with Gasteiger partial charge in [0.05, 0.1) is 42.8 Å². The molecule has 470 valence electrons. The Morgan fingerprint density at radius 2 is 1.06 bits per heavy atom. The lowest BCUT2D eigenvalue weighted by Crippen LogP contribution is -2.49. The summed E-state index contributed by atoms with van der Waals surface area (Å²) in [6, 6.07) is 25.0. The number of aliphatic hydroxyl groups excluding tert-OH is 1. The van der Waals surface area contributed by atoms with Crippen molar-refractivity contribution in [2.24, 2.45) is 28.6 Å². The molecule has 2 aromatic heterocycles. The van der Waals surface area contributed by atoms with Crippen LogP contribution in [0.4, 0.5) is 39.9 Å². The number of carbonyl (C=O) groups excluding carboxylic acids is 3. The number of rotatable bonds is 18. The minimum Gasteiger partial charge on any atom is -0.445 e. The van der Waals surface area contributed by atoms with Crippen LogP contribution < -0.4 is 5.32 Å². The third-order valence-corrected chi connectivity index (χ3v) is 15.3. The van der Waals surface area contributed by atoms with Crippen molar-refractivity contribution < 1.29 is 59.4 Å². The van der Waals surface area contributed by atoms with Gasteiger partial charge in [0.2, 0.25) is 5.91 Å². The molecule has 2 aliphatic heterocycles. The molecule has 3 amide bonds. The maximum atomic E-state index is 15.7. The second-order valence-electron chi connectivity index (χ2n) is 24.9. The van der Waals surface area contributed by atoms with E-state index in [9.17, 15) is 45.8 Å². The first kappa shape index (κ1) is 65.9. The Hall–Kier alpha value is -8.05. The van der Waals surface area contributed by atoms with Crippen LogP contribution in [0.2, 0.25) is 0 Å². The van der Waals surface area contributed by atoms with E-state index < -0.39 is 106 Å². The van der Waals surface area contributed by atoms with E-state index in [1.165, 1.54) is 56.4 Å². The van der Waals surface area contributed by atoms with Crippen molar-refractivity contribution in [1.82, 2.24) is 49.5 Å². The molecule has 2 saturated heterocycles. The highest BCUT2D eigenvalue weighted by atomic mass is 19.2. The summed E-state index contributed by atoms with van der Waals surface area (Å²) in [6.45, 7) is 16.3. The lowest BCUT2D eigenvalue weighted by molar-refractivity contribution is -0.146. The maximum Gasteiger partial charge on any atom is 0.410 e. The zero-order valence-electron chi connectivity index (χ0n) is 50.6. The minimum atomic E-state index is -1.45. The third-order valence-electron chi connectivity index (χ3n) is 15.3. The molecular formula is C65H74F8N10O5. The first-order valence-corrected chi connectivity index (χ1v) is 29.1. The van der Waals surface area contributed by atoms with E-state index in [0.717, 1.165) is 42.0 Å². The van der Waals surface area contributed by atoms with E-state index >= 15 is 8.78 Å². The molecule has 0 saturated carbocycles. The molecule has 15 nitrogen and oxygen atoms in total. The van der Waals surface area contributed by atoms with Crippen molar-refractivity contribution in [3.8, 4) is 22.8 Å². The molecule has 0 radical (unpaired) electrons. The topological polar surface area (TPSA) is 164 Å². The van der Waals surface area contributed by atoms with Crippen LogP contribution >= 0.6 is 0 Å². The molecule has 2 fully saturated rings. The number of alkyl halides is 2. The summed E-state index contributed by atoms with van der Waals surface area (Å²) >= 11 is 0. The monoisotopic (exact) mass is 1230 g/mol. The normalized spacial score (nSPS) is 18.0. The molecule has 5 aromatic carbocycles. The predicted molar refractivity (Wildman–Crippen MR) is 314 cm³/mol. The summed E-state index contributed by atoms with van der Waals surface area (Å²) in [4.78, 5) is 53.9. The van der Waals surface area contributed by atoms with Gasteiger partial charge in [-0.3, -0.25) is 9.59 Å². The number of hydrogen-bond acceptors (Lipinski definition) is 10. The van der Waals surface area contributed by atoms with Gasteiger partial charge in [-0.2, -0.15) is 10.2 Å². The maximum absolute atomic E-state index is 15.7. The number of halogens is 8. The fourth-order valence-electron chi connectivity index (χ4n) is 11.1. The molecule has 2 N–H and O–H groups in total. The highest BCUT2D eigenvalue weighted by Crippen LogP contribution is 2.42. The number of amides is 3. The lowest BCUT2D eigenvalue weighted by atomic mass is 9.83. The highest BCUT2D eigenvalue weighted by molar-refractivity contribution is 5.81.